The molecule has 2 heterocycles. The van der Waals surface area contributed by atoms with Gasteiger partial charge in [-0.2, -0.15) is 0 Å². The molecule has 0 radical (unpaired) electrons. The number of amides is 2. The van der Waals surface area contributed by atoms with Crippen molar-refractivity contribution < 1.29 is 19.1 Å². The average Bonchev–Trinajstić information content (AvgIpc) is 3.20. The molecular formula is C22H23N3O4. The first-order valence-corrected chi connectivity index (χ1v) is 9.69. The summed E-state index contributed by atoms with van der Waals surface area (Å²) in [5.41, 5.74) is 4.54. The van der Waals surface area contributed by atoms with Crippen molar-refractivity contribution in [3.8, 4) is 0 Å². The zero-order chi connectivity index (χ0) is 20.5. The van der Waals surface area contributed by atoms with Crippen molar-refractivity contribution >= 4 is 34.8 Å². The van der Waals surface area contributed by atoms with Crippen molar-refractivity contribution in [3.63, 3.8) is 0 Å². The van der Waals surface area contributed by atoms with Crippen molar-refractivity contribution in [3.05, 3.63) is 53.1 Å². The monoisotopic (exact) mass is 393 g/mol. The summed E-state index contributed by atoms with van der Waals surface area (Å²) in [6, 6.07) is 10.6. The lowest BCUT2D eigenvalue weighted by molar-refractivity contribution is -0.119. The molecule has 0 spiro atoms. The Labute approximate surface area is 169 Å². The Morgan fingerprint density at radius 1 is 1.24 bits per heavy atom. The minimum Gasteiger partial charge on any atom is -0.452 e. The van der Waals surface area contributed by atoms with Gasteiger partial charge in [-0.05, 0) is 62.1 Å². The summed E-state index contributed by atoms with van der Waals surface area (Å²) >= 11 is 0. The fourth-order valence-corrected chi connectivity index (χ4v) is 3.84. The smallest absolute Gasteiger partial charge is 0.338 e. The van der Waals surface area contributed by atoms with E-state index in [0.29, 0.717) is 16.9 Å². The summed E-state index contributed by atoms with van der Waals surface area (Å²) < 4.78 is 5.16. The van der Waals surface area contributed by atoms with E-state index in [1.165, 1.54) is 0 Å². The van der Waals surface area contributed by atoms with Gasteiger partial charge in [0.2, 0.25) is 5.91 Å². The van der Waals surface area contributed by atoms with Crippen molar-refractivity contribution in [2.75, 3.05) is 28.7 Å². The molecule has 7 heteroatoms. The first-order valence-electron chi connectivity index (χ1n) is 9.69. The fourth-order valence-electron chi connectivity index (χ4n) is 3.84. The Balaban J connectivity index is 1.40. The number of carbonyl (C=O) groups is 3. The van der Waals surface area contributed by atoms with E-state index >= 15 is 0 Å². The van der Waals surface area contributed by atoms with Crippen molar-refractivity contribution in [2.24, 2.45) is 0 Å². The molecule has 29 heavy (non-hydrogen) atoms. The van der Waals surface area contributed by atoms with Crippen LogP contribution in [0.25, 0.3) is 0 Å². The highest BCUT2D eigenvalue weighted by atomic mass is 16.5. The zero-order valence-electron chi connectivity index (χ0n) is 16.5. The van der Waals surface area contributed by atoms with E-state index in [9.17, 15) is 14.4 Å². The predicted molar refractivity (Wildman–Crippen MR) is 110 cm³/mol. The molecule has 2 aliphatic heterocycles. The first kappa shape index (κ1) is 19.0. The van der Waals surface area contributed by atoms with Crippen LogP contribution in [-0.2, 0) is 14.3 Å². The minimum absolute atomic E-state index is 0.0478. The van der Waals surface area contributed by atoms with Gasteiger partial charge in [-0.25, -0.2) is 4.79 Å². The van der Waals surface area contributed by atoms with Crippen molar-refractivity contribution in [1.82, 2.24) is 0 Å². The number of nitrogens with zero attached hydrogens (tertiary/aromatic N) is 1. The highest BCUT2D eigenvalue weighted by Crippen LogP contribution is 2.37. The second-order valence-corrected chi connectivity index (χ2v) is 7.44. The lowest BCUT2D eigenvalue weighted by Gasteiger charge is -2.33. The maximum atomic E-state index is 12.4. The normalized spacial score (nSPS) is 17.2. The van der Waals surface area contributed by atoms with Gasteiger partial charge < -0.3 is 20.3 Å². The van der Waals surface area contributed by atoms with Gasteiger partial charge in [-0.3, -0.25) is 9.59 Å². The van der Waals surface area contributed by atoms with Crippen LogP contribution in [0.2, 0.25) is 0 Å². The largest absolute Gasteiger partial charge is 0.452 e. The molecule has 0 bridgehead atoms. The molecular weight excluding hydrogens is 370 g/mol. The molecule has 2 aliphatic rings. The van der Waals surface area contributed by atoms with E-state index in [-0.39, 0.29) is 18.6 Å². The Morgan fingerprint density at radius 3 is 2.90 bits per heavy atom. The highest BCUT2D eigenvalue weighted by molar-refractivity contribution is 6.05. The van der Waals surface area contributed by atoms with Crippen molar-refractivity contribution in [1.29, 1.82) is 0 Å². The molecule has 0 unspecified atom stereocenters. The maximum absolute atomic E-state index is 12.4. The molecule has 2 amide bonds. The van der Waals surface area contributed by atoms with Crippen LogP contribution in [0, 0.1) is 13.8 Å². The average molecular weight is 393 g/mol. The van der Waals surface area contributed by atoms with Gasteiger partial charge >= 0.3 is 5.97 Å². The van der Waals surface area contributed by atoms with Crippen LogP contribution in [0.15, 0.2) is 36.4 Å². The number of rotatable bonds is 4. The molecule has 0 aliphatic carbocycles. The number of esters is 1. The second kappa shape index (κ2) is 7.58. The van der Waals surface area contributed by atoms with Crippen LogP contribution >= 0.6 is 0 Å². The second-order valence-electron chi connectivity index (χ2n) is 7.44. The SMILES string of the molecule is Cc1cccc(NC(=O)COC(=O)c2ccc3c(c2)NC(=O)[C@@H]2CCCN32)c1C. The van der Waals surface area contributed by atoms with Gasteiger partial charge in [-0.1, -0.05) is 12.1 Å². The summed E-state index contributed by atoms with van der Waals surface area (Å²) in [4.78, 5) is 38.9. The van der Waals surface area contributed by atoms with Gasteiger partial charge in [0.1, 0.15) is 6.04 Å². The fraction of sp³-hybridized carbons (Fsp3) is 0.318. The maximum Gasteiger partial charge on any atom is 0.338 e. The van der Waals surface area contributed by atoms with Crippen molar-refractivity contribution in [2.45, 2.75) is 32.7 Å². The van der Waals surface area contributed by atoms with Gasteiger partial charge in [-0.15, -0.1) is 0 Å². The number of anilines is 3. The van der Waals surface area contributed by atoms with Crippen LogP contribution in [0.1, 0.15) is 34.3 Å². The summed E-state index contributed by atoms with van der Waals surface area (Å²) in [5.74, 6) is -1.06. The quantitative estimate of drug-likeness (QED) is 0.780. The van der Waals surface area contributed by atoms with Gasteiger partial charge in [0, 0.05) is 12.2 Å². The Hall–Kier alpha value is -3.35. The standard InChI is InChI=1S/C22H23N3O4/c1-13-5-3-6-16(14(13)2)23-20(26)12-29-22(28)15-8-9-18-17(11-15)24-21(27)19-7-4-10-25(18)19/h3,5-6,8-9,11,19H,4,7,10,12H2,1-2H3,(H,23,26)(H,24,27)/t19-/m0/s1. The number of hydrogen-bond acceptors (Lipinski definition) is 5. The topological polar surface area (TPSA) is 87.7 Å². The molecule has 150 valence electrons. The number of fused-ring (bicyclic) bond motifs is 3. The lowest BCUT2D eigenvalue weighted by Crippen LogP contribution is -2.43. The summed E-state index contributed by atoms with van der Waals surface area (Å²) in [7, 11) is 0. The van der Waals surface area contributed by atoms with Crippen LogP contribution in [0.3, 0.4) is 0 Å². The van der Waals surface area contributed by atoms with Crippen LogP contribution in [-0.4, -0.2) is 37.0 Å². The molecule has 2 aromatic carbocycles. The van der Waals surface area contributed by atoms with Gasteiger partial charge in [0.25, 0.3) is 5.91 Å². The summed E-state index contributed by atoms with van der Waals surface area (Å²) in [6.45, 7) is 4.32. The zero-order valence-corrected chi connectivity index (χ0v) is 16.5. The Morgan fingerprint density at radius 2 is 2.07 bits per heavy atom. The van der Waals surface area contributed by atoms with Crippen LogP contribution in [0.5, 0.6) is 0 Å². The van der Waals surface area contributed by atoms with Crippen LogP contribution in [0.4, 0.5) is 17.1 Å². The first-order chi connectivity index (χ1) is 13.9. The van der Waals surface area contributed by atoms with Gasteiger partial charge in [0.15, 0.2) is 6.61 Å². The number of hydrogen-bond donors (Lipinski definition) is 2. The summed E-state index contributed by atoms with van der Waals surface area (Å²) in [5, 5.41) is 5.63. The predicted octanol–water partition coefficient (Wildman–Crippen LogP) is 3.02. The number of carbonyl (C=O) groups excluding carboxylic acids is 3. The number of benzene rings is 2. The molecule has 1 atom stereocenters. The lowest BCUT2D eigenvalue weighted by atomic mass is 10.1. The van der Waals surface area contributed by atoms with E-state index in [4.69, 9.17) is 4.74 Å². The minimum atomic E-state index is -0.610. The van der Waals surface area contributed by atoms with E-state index in [1.54, 1.807) is 18.2 Å². The van der Waals surface area contributed by atoms with E-state index in [0.717, 1.165) is 36.2 Å². The third-order valence-electron chi connectivity index (χ3n) is 5.57. The number of ether oxygens (including phenoxy) is 1. The molecule has 1 fully saturated rings. The molecule has 0 saturated carbocycles. The molecule has 1 saturated heterocycles. The number of nitrogens with one attached hydrogen (secondary N) is 2. The molecule has 7 nitrogen and oxygen atoms in total. The molecule has 2 aromatic rings. The highest BCUT2D eigenvalue weighted by Gasteiger charge is 2.36. The van der Waals surface area contributed by atoms with E-state index in [2.05, 4.69) is 15.5 Å². The third-order valence-corrected chi connectivity index (χ3v) is 5.57. The Bertz CT molecular complexity index is 1000. The molecule has 2 N–H and O–H groups in total. The molecule has 0 aromatic heterocycles. The van der Waals surface area contributed by atoms with E-state index in [1.807, 2.05) is 32.0 Å². The van der Waals surface area contributed by atoms with Crippen LogP contribution < -0.4 is 15.5 Å². The van der Waals surface area contributed by atoms with Gasteiger partial charge in [0.05, 0.1) is 16.9 Å². The van der Waals surface area contributed by atoms with E-state index < -0.39 is 11.9 Å². The number of aryl methyl sites for hydroxylation is 1. The third kappa shape index (κ3) is 3.68. The Kier molecular flexibility index (Phi) is 4.96. The summed E-state index contributed by atoms with van der Waals surface area (Å²) in [6.07, 6.45) is 1.81. The molecule has 4 rings (SSSR count).